The van der Waals surface area contributed by atoms with Gasteiger partial charge in [-0.1, -0.05) is 55.5 Å². The molecule has 2 aliphatic heterocycles. The predicted octanol–water partition coefficient (Wildman–Crippen LogP) is 3.99. The number of nitrogens with zero attached hydrogens (tertiary/aromatic N) is 1. The quantitative estimate of drug-likeness (QED) is 0.600. The Morgan fingerprint density at radius 2 is 1.72 bits per heavy atom. The number of anilines is 1. The molecule has 1 N–H and O–H groups in total. The zero-order valence-electron chi connectivity index (χ0n) is 17.7. The van der Waals surface area contributed by atoms with Gasteiger partial charge in [-0.15, -0.1) is 0 Å². The van der Waals surface area contributed by atoms with Crippen molar-refractivity contribution in [1.29, 1.82) is 0 Å². The molecule has 1 atom stereocenters. The zero-order chi connectivity index (χ0) is 22.3. The molecule has 0 aromatic heterocycles. The fourth-order valence-electron chi connectivity index (χ4n) is 4.32. The molecule has 3 aromatic rings. The molecule has 5 rings (SSSR count). The van der Waals surface area contributed by atoms with Crippen LogP contribution in [-0.2, 0) is 23.4 Å². The van der Waals surface area contributed by atoms with Gasteiger partial charge in [0.1, 0.15) is 0 Å². The molecule has 32 heavy (non-hydrogen) atoms. The highest BCUT2D eigenvalue weighted by Crippen LogP contribution is 2.44. The van der Waals surface area contributed by atoms with E-state index in [1.54, 1.807) is 36.4 Å². The SMILES string of the molecule is CCc1ccc(C(=O)CC2(O)C(=O)N(Cc3ccc4c(c3)OCO4)c3ccccc32)cc1. The summed E-state index contributed by atoms with van der Waals surface area (Å²) in [7, 11) is 0. The van der Waals surface area contributed by atoms with Crippen molar-refractivity contribution in [2.75, 3.05) is 11.7 Å². The van der Waals surface area contributed by atoms with Crippen molar-refractivity contribution in [1.82, 2.24) is 0 Å². The number of benzene rings is 3. The lowest BCUT2D eigenvalue weighted by Gasteiger charge is -2.23. The number of ketones is 1. The lowest BCUT2D eigenvalue weighted by atomic mass is 9.88. The van der Waals surface area contributed by atoms with Crippen LogP contribution in [0.3, 0.4) is 0 Å². The van der Waals surface area contributed by atoms with Crippen LogP contribution in [-0.4, -0.2) is 23.6 Å². The number of ether oxygens (including phenoxy) is 2. The maximum Gasteiger partial charge on any atom is 0.264 e. The summed E-state index contributed by atoms with van der Waals surface area (Å²) in [5.41, 5.74) is 1.58. The Hall–Kier alpha value is -3.64. The number of rotatable bonds is 6. The monoisotopic (exact) mass is 429 g/mol. The molecule has 0 saturated carbocycles. The van der Waals surface area contributed by atoms with Crippen LogP contribution in [0.15, 0.2) is 66.7 Å². The summed E-state index contributed by atoms with van der Waals surface area (Å²) >= 11 is 0. The second-order valence-electron chi connectivity index (χ2n) is 8.11. The number of hydrogen-bond donors (Lipinski definition) is 1. The molecule has 2 heterocycles. The summed E-state index contributed by atoms with van der Waals surface area (Å²) in [6, 6.07) is 19.9. The average Bonchev–Trinajstić information content (AvgIpc) is 3.36. The lowest BCUT2D eigenvalue weighted by Crippen LogP contribution is -2.41. The Labute approximate surface area is 186 Å². The molecule has 1 unspecified atom stereocenters. The van der Waals surface area contributed by atoms with Crippen molar-refractivity contribution in [3.05, 3.63) is 89.0 Å². The first-order valence-corrected chi connectivity index (χ1v) is 10.6. The second kappa shape index (κ2) is 7.80. The maximum absolute atomic E-state index is 13.5. The first-order chi connectivity index (χ1) is 15.5. The van der Waals surface area contributed by atoms with Gasteiger partial charge in [0.2, 0.25) is 6.79 Å². The number of hydrogen-bond acceptors (Lipinski definition) is 5. The van der Waals surface area contributed by atoms with Crippen LogP contribution in [0.4, 0.5) is 5.69 Å². The van der Waals surface area contributed by atoms with E-state index < -0.39 is 11.5 Å². The highest BCUT2D eigenvalue weighted by molar-refractivity contribution is 6.10. The molecular weight excluding hydrogens is 406 g/mol. The largest absolute Gasteiger partial charge is 0.454 e. The van der Waals surface area contributed by atoms with Crippen molar-refractivity contribution in [2.24, 2.45) is 0 Å². The summed E-state index contributed by atoms with van der Waals surface area (Å²) in [5.74, 6) is 0.514. The molecule has 6 heteroatoms. The molecule has 3 aromatic carbocycles. The van der Waals surface area contributed by atoms with Gasteiger partial charge in [0, 0.05) is 11.1 Å². The second-order valence-corrected chi connectivity index (χ2v) is 8.11. The van der Waals surface area contributed by atoms with Gasteiger partial charge in [0.25, 0.3) is 5.91 Å². The lowest BCUT2D eigenvalue weighted by molar-refractivity contribution is -0.136. The number of aliphatic hydroxyl groups is 1. The van der Waals surface area contributed by atoms with E-state index >= 15 is 0 Å². The molecule has 2 aliphatic rings. The molecular formula is C26H23NO5. The van der Waals surface area contributed by atoms with Crippen LogP contribution in [0, 0.1) is 0 Å². The van der Waals surface area contributed by atoms with Gasteiger partial charge in [-0.2, -0.15) is 0 Å². The minimum atomic E-state index is -1.91. The van der Waals surface area contributed by atoms with E-state index in [2.05, 4.69) is 0 Å². The number of aryl methyl sites for hydroxylation is 1. The number of carbonyl (C=O) groups is 2. The van der Waals surface area contributed by atoms with Crippen LogP contribution in [0.1, 0.15) is 40.4 Å². The van der Waals surface area contributed by atoms with Gasteiger partial charge in [-0.05, 0) is 35.7 Å². The fourth-order valence-corrected chi connectivity index (χ4v) is 4.32. The van der Waals surface area contributed by atoms with E-state index in [-0.39, 0.29) is 25.5 Å². The number of fused-ring (bicyclic) bond motifs is 2. The first-order valence-electron chi connectivity index (χ1n) is 10.6. The minimum Gasteiger partial charge on any atom is -0.454 e. The van der Waals surface area contributed by atoms with Crippen LogP contribution >= 0.6 is 0 Å². The van der Waals surface area contributed by atoms with Crippen LogP contribution < -0.4 is 14.4 Å². The third kappa shape index (κ3) is 3.33. The molecule has 0 radical (unpaired) electrons. The predicted molar refractivity (Wildman–Crippen MR) is 119 cm³/mol. The normalized spacial score (nSPS) is 18.7. The zero-order valence-corrected chi connectivity index (χ0v) is 17.7. The van der Waals surface area contributed by atoms with E-state index in [9.17, 15) is 14.7 Å². The van der Waals surface area contributed by atoms with Gasteiger partial charge < -0.3 is 19.5 Å². The van der Waals surface area contributed by atoms with Crippen molar-refractivity contribution in [3.63, 3.8) is 0 Å². The standard InChI is InChI=1S/C26H23NO5/c1-2-17-7-10-19(11-8-17)22(28)14-26(30)20-5-3-4-6-21(20)27(25(26)29)15-18-9-12-23-24(13-18)32-16-31-23/h3-13,30H,2,14-16H2,1H3. The van der Waals surface area contributed by atoms with Crippen LogP contribution in [0.25, 0.3) is 0 Å². The van der Waals surface area contributed by atoms with Gasteiger partial charge in [0.15, 0.2) is 22.9 Å². The van der Waals surface area contributed by atoms with Crippen molar-refractivity contribution in [3.8, 4) is 11.5 Å². The van der Waals surface area contributed by atoms with Crippen molar-refractivity contribution in [2.45, 2.75) is 31.9 Å². The molecule has 6 nitrogen and oxygen atoms in total. The summed E-state index contributed by atoms with van der Waals surface area (Å²) in [4.78, 5) is 28.0. The van der Waals surface area contributed by atoms with E-state index in [0.29, 0.717) is 28.3 Å². The summed E-state index contributed by atoms with van der Waals surface area (Å²) < 4.78 is 10.8. The molecule has 162 valence electrons. The number of Topliss-reactive ketones (excluding diaryl/α,β-unsaturated/α-hetero) is 1. The van der Waals surface area contributed by atoms with Gasteiger partial charge in [0.05, 0.1) is 18.7 Å². The Morgan fingerprint density at radius 1 is 1.00 bits per heavy atom. The Kier molecular flexibility index (Phi) is 4.94. The van der Waals surface area contributed by atoms with E-state index in [1.165, 1.54) is 4.90 Å². The van der Waals surface area contributed by atoms with Crippen LogP contribution in [0.5, 0.6) is 11.5 Å². The number of para-hydroxylation sites is 1. The molecule has 0 saturated heterocycles. The van der Waals surface area contributed by atoms with Crippen molar-refractivity contribution >= 4 is 17.4 Å². The fraction of sp³-hybridized carbons (Fsp3) is 0.231. The number of carbonyl (C=O) groups excluding carboxylic acids is 2. The Morgan fingerprint density at radius 3 is 2.50 bits per heavy atom. The summed E-state index contributed by atoms with van der Waals surface area (Å²) in [5, 5.41) is 11.5. The molecule has 1 amide bonds. The summed E-state index contributed by atoms with van der Waals surface area (Å²) in [6.07, 6.45) is 0.561. The third-order valence-corrected chi connectivity index (χ3v) is 6.12. The Balaban J connectivity index is 1.44. The highest BCUT2D eigenvalue weighted by atomic mass is 16.7. The van der Waals surface area contributed by atoms with Crippen molar-refractivity contribution < 1.29 is 24.2 Å². The highest BCUT2D eigenvalue weighted by Gasteiger charge is 2.50. The topological polar surface area (TPSA) is 76.1 Å². The Bertz CT molecular complexity index is 1200. The smallest absolute Gasteiger partial charge is 0.264 e. The minimum absolute atomic E-state index is 0.172. The number of amides is 1. The maximum atomic E-state index is 13.5. The van der Waals surface area contributed by atoms with Gasteiger partial charge in [-0.3, -0.25) is 9.59 Å². The van der Waals surface area contributed by atoms with Gasteiger partial charge in [-0.25, -0.2) is 0 Å². The average molecular weight is 429 g/mol. The van der Waals surface area contributed by atoms with E-state index in [4.69, 9.17) is 9.47 Å². The van der Waals surface area contributed by atoms with E-state index in [1.807, 2.05) is 37.3 Å². The summed E-state index contributed by atoms with van der Waals surface area (Å²) in [6.45, 7) is 2.46. The first kappa shape index (κ1) is 20.3. The molecule has 0 spiro atoms. The molecule has 0 aliphatic carbocycles. The van der Waals surface area contributed by atoms with Gasteiger partial charge >= 0.3 is 0 Å². The van der Waals surface area contributed by atoms with E-state index in [0.717, 1.165) is 17.5 Å². The molecule has 0 bridgehead atoms. The van der Waals surface area contributed by atoms with Crippen LogP contribution in [0.2, 0.25) is 0 Å². The third-order valence-electron chi connectivity index (χ3n) is 6.12. The molecule has 0 fully saturated rings.